The van der Waals surface area contributed by atoms with E-state index in [0.29, 0.717) is 11.3 Å². The monoisotopic (exact) mass is 261 g/mol. The fourth-order valence-corrected chi connectivity index (χ4v) is 1.85. The van der Waals surface area contributed by atoms with E-state index in [2.05, 4.69) is 5.32 Å². The number of aliphatic hydroxyl groups excluding tert-OH is 2. The van der Waals surface area contributed by atoms with Crippen LogP contribution in [0, 0.1) is 6.92 Å². The summed E-state index contributed by atoms with van der Waals surface area (Å²) in [7, 11) is -4.20. The molecule has 0 heterocycles. The van der Waals surface area contributed by atoms with Gasteiger partial charge >= 0.3 is 0 Å². The normalized spacial score (nSPS) is 13.4. The van der Waals surface area contributed by atoms with E-state index in [-0.39, 0.29) is 18.0 Å². The lowest BCUT2D eigenvalue weighted by Crippen LogP contribution is -2.23. The van der Waals surface area contributed by atoms with Crippen LogP contribution < -0.4 is 5.32 Å². The van der Waals surface area contributed by atoms with Crippen molar-refractivity contribution in [3.63, 3.8) is 0 Å². The second kappa shape index (κ2) is 5.46. The molecule has 0 aliphatic heterocycles. The van der Waals surface area contributed by atoms with Crippen molar-refractivity contribution >= 4 is 15.8 Å². The lowest BCUT2D eigenvalue weighted by Gasteiger charge is -2.12. The molecule has 0 radical (unpaired) electrons. The van der Waals surface area contributed by atoms with Crippen LogP contribution in [0.25, 0.3) is 0 Å². The van der Waals surface area contributed by atoms with E-state index in [0.717, 1.165) is 0 Å². The zero-order valence-corrected chi connectivity index (χ0v) is 10.1. The Morgan fingerprint density at radius 1 is 1.41 bits per heavy atom. The number of rotatable bonds is 5. The van der Waals surface area contributed by atoms with Crippen LogP contribution >= 0.6 is 0 Å². The van der Waals surface area contributed by atoms with Gasteiger partial charge in [-0.1, -0.05) is 0 Å². The molecule has 1 aromatic rings. The largest absolute Gasteiger partial charge is 0.394 e. The van der Waals surface area contributed by atoms with Crippen LogP contribution in [-0.4, -0.2) is 42.4 Å². The first kappa shape index (κ1) is 13.9. The second-order valence-electron chi connectivity index (χ2n) is 3.67. The fraction of sp³-hybridized carbons (Fsp3) is 0.400. The highest BCUT2D eigenvalue weighted by Gasteiger charge is 2.11. The summed E-state index contributed by atoms with van der Waals surface area (Å²) in [5.41, 5.74) is 1.25. The third-order valence-electron chi connectivity index (χ3n) is 2.23. The number of nitrogens with one attached hydrogen (secondary N) is 1. The minimum atomic E-state index is -4.20. The van der Waals surface area contributed by atoms with E-state index in [1.54, 1.807) is 6.92 Å². The van der Waals surface area contributed by atoms with E-state index in [4.69, 9.17) is 14.8 Å². The van der Waals surface area contributed by atoms with Crippen molar-refractivity contribution in [1.82, 2.24) is 0 Å². The van der Waals surface area contributed by atoms with Crippen LogP contribution in [0.5, 0.6) is 0 Å². The molecule has 7 heteroatoms. The summed E-state index contributed by atoms with van der Waals surface area (Å²) >= 11 is 0. The van der Waals surface area contributed by atoms with Gasteiger partial charge in [0.25, 0.3) is 10.1 Å². The van der Waals surface area contributed by atoms with E-state index < -0.39 is 16.2 Å². The quantitative estimate of drug-likeness (QED) is 0.556. The van der Waals surface area contributed by atoms with Gasteiger partial charge in [-0.2, -0.15) is 8.42 Å². The van der Waals surface area contributed by atoms with Crippen LogP contribution in [0.3, 0.4) is 0 Å². The Labute approximate surface area is 99.7 Å². The highest BCUT2D eigenvalue weighted by Crippen LogP contribution is 2.19. The molecular formula is C10H15NO5S. The van der Waals surface area contributed by atoms with Crippen LogP contribution in [-0.2, 0) is 10.1 Å². The Bertz CT molecular complexity index is 485. The molecule has 0 aliphatic carbocycles. The van der Waals surface area contributed by atoms with E-state index in [1.165, 1.54) is 18.2 Å². The summed E-state index contributed by atoms with van der Waals surface area (Å²) in [6, 6.07) is 4.07. The van der Waals surface area contributed by atoms with Crippen molar-refractivity contribution in [3.05, 3.63) is 23.8 Å². The fourth-order valence-electron chi connectivity index (χ4n) is 1.29. The van der Waals surface area contributed by atoms with Crippen LogP contribution in [0.2, 0.25) is 0 Å². The molecule has 0 spiro atoms. The maximum Gasteiger partial charge on any atom is 0.294 e. The lowest BCUT2D eigenvalue weighted by atomic mass is 10.2. The molecule has 4 N–H and O–H groups in total. The molecule has 0 saturated heterocycles. The van der Waals surface area contributed by atoms with Gasteiger partial charge in [0.05, 0.1) is 17.6 Å². The average molecular weight is 261 g/mol. The van der Waals surface area contributed by atoms with Gasteiger partial charge in [0.1, 0.15) is 0 Å². The van der Waals surface area contributed by atoms with Crippen molar-refractivity contribution in [2.75, 3.05) is 18.5 Å². The number of aryl methyl sites for hydroxylation is 1. The SMILES string of the molecule is Cc1cc(S(=O)(=O)O)ccc1NCC(O)CO. The minimum Gasteiger partial charge on any atom is -0.394 e. The summed E-state index contributed by atoms with van der Waals surface area (Å²) in [6.45, 7) is 1.47. The molecule has 0 aliphatic rings. The molecule has 96 valence electrons. The van der Waals surface area contributed by atoms with Crippen molar-refractivity contribution in [3.8, 4) is 0 Å². The molecule has 0 bridgehead atoms. The Morgan fingerprint density at radius 2 is 2.06 bits per heavy atom. The molecule has 17 heavy (non-hydrogen) atoms. The Morgan fingerprint density at radius 3 is 2.53 bits per heavy atom. The predicted octanol–water partition coefficient (Wildman–Crippen LogP) is 0.00682. The first-order valence-corrected chi connectivity index (χ1v) is 6.39. The zero-order chi connectivity index (χ0) is 13.1. The number of hydrogen-bond acceptors (Lipinski definition) is 5. The molecule has 0 amide bonds. The lowest BCUT2D eigenvalue weighted by molar-refractivity contribution is 0.105. The maximum atomic E-state index is 10.9. The molecule has 6 nitrogen and oxygen atoms in total. The van der Waals surface area contributed by atoms with Crippen molar-refractivity contribution in [2.45, 2.75) is 17.9 Å². The molecule has 1 unspecified atom stereocenters. The van der Waals surface area contributed by atoms with Gasteiger partial charge in [0, 0.05) is 12.2 Å². The predicted molar refractivity (Wildman–Crippen MR) is 62.6 cm³/mol. The second-order valence-corrected chi connectivity index (χ2v) is 5.09. The zero-order valence-electron chi connectivity index (χ0n) is 9.29. The van der Waals surface area contributed by atoms with Gasteiger partial charge < -0.3 is 15.5 Å². The third kappa shape index (κ3) is 3.97. The van der Waals surface area contributed by atoms with Crippen molar-refractivity contribution in [1.29, 1.82) is 0 Å². The van der Waals surface area contributed by atoms with Gasteiger partial charge in [-0.15, -0.1) is 0 Å². The molecule has 0 aromatic heterocycles. The van der Waals surface area contributed by atoms with Gasteiger partial charge in [0.2, 0.25) is 0 Å². The maximum absolute atomic E-state index is 10.9. The van der Waals surface area contributed by atoms with Crippen LogP contribution in [0.1, 0.15) is 5.56 Å². The highest BCUT2D eigenvalue weighted by molar-refractivity contribution is 7.85. The Balaban J connectivity index is 2.84. The van der Waals surface area contributed by atoms with Crippen LogP contribution in [0.4, 0.5) is 5.69 Å². The number of hydrogen-bond donors (Lipinski definition) is 4. The van der Waals surface area contributed by atoms with Gasteiger partial charge in [0.15, 0.2) is 0 Å². The first-order chi connectivity index (χ1) is 7.84. The van der Waals surface area contributed by atoms with Crippen molar-refractivity contribution < 1.29 is 23.2 Å². The smallest absolute Gasteiger partial charge is 0.294 e. The summed E-state index contributed by atoms with van der Waals surface area (Å²) in [5, 5.41) is 20.6. The highest BCUT2D eigenvalue weighted by atomic mass is 32.2. The van der Waals surface area contributed by atoms with Gasteiger partial charge in [-0.25, -0.2) is 0 Å². The number of aliphatic hydroxyl groups is 2. The molecule has 1 atom stereocenters. The molecular weight excluding hydrogens is 246 g/mol. The number of benzene rings is 1. The molecule has 1 rings (SSSR count). The van der Waals surface area contributed by atoms with E-state index in [1.807, 2.05) is 0 Å². The molecule has 1 aromatic carbocycles. The summed E-state index contributed by atoms with van der Waals surface area (Å²) in [5.74, 6) is 0. The minimum absolute atomic E-state index is 0.155. The Kier molecular flexibility index (Phi) is 4.47. The van der Waals surface area contributed by atoms with E-state index >= 15 is 0 Å². The average Bonchev–Trinajstić information content (AvgIpc) is 2.25. The molecule has 0 saturated carbocycles. The van der Waals surface area contributed by atoms with Gasteiger partial charge in [-0.05, 0) is 30.7 Å². The van der Waals surface area contributed by atoms with Crippen LogP contribution in [0.15, 0.2) is 23.1 Å². The summed E-state index contributed by atoms with van der Waals surface area (Å²) in [4.78, 5) is -0.178. The topological polar surface area (TPSA) is 107 Å². The van der Waals surface area contributed by atoms with E-state index in [9.17, 15) is 8.42 Å². The molecule has 0 fully saturated rings. The standard InChI is InChI=1S/C10H15NO5S/c1-7-4-9(17(14,15)16)2-3-10(7)11-5-8(13)6-12/h2-4,8,11-13H,5-6H2,1H3,(H,14,15,16). The first-order valence-electron chi connectivity index (χ1n) is 4.95. The summed E-state index contributed by atoms with van der Waals surface area (Å²) < 4.78 is 30.6. The third-order valence-corrected chi connectivity index (χ3v) is 3.08. The van der Waals surface area contributed by atoms with Crippen molar-refractivity contribution in [2.24, 2.45) is 0 Å². The number of anilines is 1. The van der Waals surface area contributed by atoms with Gasteiger partial charge in [-0.3, -0.25) is 4.55 Å². The summed E-state index contributed by atoms with van der Waals surface area (Å²) in [6.07, 6.45) is -0.879. The Hall–Kier alpha value is -1.15.